The number of aromatic amines is 1. The van der Waals surface area contributed by atoms with E-state index in [1.807, 2.05) is 12.1 Å². The minimum absolute atomic E-state index is 0.263. The van der Waals surface area contributed by atoms with Gasteiger partial charge in [-0.25, -0.2) is 15.0 Å². The van der Waals surface area contributed by atoms with Crippen LogP contribution in [0.4, 0.5) is 19.1 Å². The summed E-state index contributed by atoms with van der Waals surface area (Å²) in [4.78, 5) is 16.0. The Hall–Kier alpha value is -3.33. The van der Waals surface area contributed by atoms with E-state index in [4.69, 9.17) is 11.6 Å². The topological polar surface area (TPSA) is 75.7 Å². The van der Waals surface area contributed by atoms with Crippen molar-refractivity contribution in [2.75, 3.05) is 5.32 Å². The summed E-state index contributed by atoms with van der Waals surface area (Å²) in [6.07, 6.45) is 0.911. The third-order valence-electron chi connectivity index (χ3n) is 4.20. The zero-order chi connectivity index (χ0) is 21.1. The summed E-state index contributed by atoms with van der Waals surface area (Å²) in [6.45, 7) is 0.361. The van der Waals surface area contributed by atoms with Gasteiger partial charge in [-0.1, -0.05) is 23.7 Å². The SMILES string of the molecule is FC(F)(F)Oc1ccc(CNc2ncc(Cc3cc4cc(Cl)cnc4[nH]3)cn2)cc1. The number of aromatic nitrogens is 4. The van der Waals surface area contributed by atoms with Crippen LogP contribution in [0.1, 0.15) is 16.8 Å². The van der Waals surface area contributed by atoms with Crippen LogP contribution in [0.2, 0.25) is 5.02 Å². The summed E-state index contributed by atoms with van der Waals surface area (Å²) in [5, 5.41) is 4.54. The summed E-state index contributed by atoms with van der Waals surface area (Å²) in [5.74, 6) is 0.153. The Balaban J connectivity index is 1.34. The minimum Gasteiger partial charge on any atom is -0.406 e. The molecule has 30 heavy (non-hydrogen) atoms. The number of H-pyrrole nitrogens is 1. The van der Waals surface area contributed by atoms with Crippen LogP contribution >= 0.6 is 11.6 Å². The molecule has 0 saturated heterocycles. The van der Waals surface area contributed by atoms with Gasteiger partial charge in [-0.05, 0) is 35.4 Å². The van der Waals surface area contributed by atoms with E-state index in [1.54, 1.807) is 30.7 Å². The van der Waals surface area contributed by atoms with Crippen molar-refractivity contribution >= 4 is 28.6 Å². The van der Waals surface area contributed by atoms with Gasteiger partial charge in [0.05, 0.1) is 5.02 Å². The summed E-state index contributed by atoms with van der Waals surface area (Å²) >= 11 is 5.96. The summed E-state index contributed by atoms with van der Waals surface area (Å²) < 4.78 is 40.4. The van der Waals surface area contributed by atoms with E-state index < -0.39 is 6.36 Å². The number of nitrogens with zero attached hydrogens (tertiary/aromatic N) is 3. The zero-order valence-electron chi connectivity index (χ0n) is 15.4. The monoisotopic (exact) mass is 433 g/mol. The molecule has 0 radical (unpaired) electrons. The molecule has 4 rings (SSSR count). The number of hydrogen-bond acceptors (Lipinski definition) is 5. The van der Waals surface area contributed by atoms with Gasteiger partial charge in [-0.15, -0.1) is 13.2 Å². The van der Waals surface area contributed by atoms with Gasteiger partial charge in [-0.2, -0.15) is 0 Å². The zero-order valence-corrected chi connectivity index (χ0v) is 16.1. The second kappa shape index (κ2) is 8.19. The van der Waals surface area contributed by atoms with Gasteiger partial charge >= 0.3 is 6.36 Å². The van der Waals surface area contributed by atoms with Crippen molar-refractivity contribution < 1.29 is 17.9 Å². The first-order valence-corrected chi connectivity index (χ1v) is 9.24. The van der Waals surface area contributed by atoms with Gasteiger partial charge in [-0.3, -0.25) is 0 Å². The van der Waals surface area contributed by atoms with Gasteiger partial charge in [0.1, 0.15) is 11.4 Å². The molecule has 6 nitrogen and oxygen atoms in total. The normalized spacial score (nSPS) is 11.6. The fourth-order valence-corrected chi connectivity index (χ4v) is 3.05. The maximum atomic E-state index is 12.2. The number of rotatable bonds is 6. The molecule has 2 N–H and O–H groups in total. The molecule has 4 aromatic rings. The van der Waals surface area contributed by atoms with Crippen molar-refractivity contribution in [3.63, 3.8) is 0 Å². The third-order valence-corrected chi connectivity index (χ3v) is 4.41. The van der Waals surface area contributed by atoms with Crippen LogP contribution in [0, 0.1) is 0 Å². The molecule has 0 bridgehead atoms. The standard InChI is InChI=1S/C20H15ClF3N5O/c21-15-6-14-7-16(29-18(14)25-11-15)5-13-9-27-19(28-10-13)26-8-12-1-3-17(4-2-12)30-20(22,23)24/h1-4,6-7,9-11H,5,8H2,(H,25,29)(H,26,27,28). The van der Waals surface area contributed by atoms with Gasteiger partial charge < -0.3 is 15.0 Å². The highest BCUT2D eigenvalue weighted by atomic mass is 35.5. The van der Waals surface area contributed by atoms with Crippen molar-refractivity contribution in [3.05, 3.63) is 76.8 Å². The van der Waals surface area contributed by atoms with Gasteiger partial charge in [0, 0.05) is 42.6 Å². The predicted octanol–water partition coefficient (Wildman–Crippen LogP) is 5.11. The van der Waals surface area contributed by atoms with E-state index in [9.17, 15) is 13.2 Å². The number of ether oxygens (including phenoxy) is 1. The molecule has 0 spiro atoms. The second-order valence-corrected chi connectivity index (χ2v) is 6.96. The molecule has 1 aromatic carbocycles. The minimum atomic E-state index is -4.70. The average Bonchev–Trinajstić information content (AvgIpc) is 3.08. The molecule has 0 fully saturated rings. The number of nitrogens with one attached hydrogen (secondary N) is 2. The summed E-state index contributed by atoms with van der Waals surface area (Å²) in [7, 11) is 0. The van der Waals surface area contributed by atoms with Crippen LogP contribution in [0.3, 0.4) is 0 Å². The Morgan fingerprint density at radius 3 is 2.40 bits per heavy atom. The quantitative estimate of drug-likeness (QED) is 0.442. The Kier molecular flexibility index (Phi) is 5.45. The van der Waals surface area contributed by atoms with Gasteiger partial charge in [0.15, 0.2) is 0 Å². The van der Waals surface area contributed by atoms with Crippen LogP contribution in [-0.2, 0) is 13.0 Å². The van der Waals surface area contributed by atoms with Crippen molar-refractivity contribution in [1.29, 1.82) is 0 Å². The average molecular weight is 434 g/mol. The fraction of sp³-hybridized carbons (Fsp3) is 0.150. The predicted molar refractivity (Wildman–Crippen MR) is 106 cm³/mol. The fourth-order valence-electron chi connectivity index (χ4n) is 2.89. The maximum absolute atomic E-state index is 12.2. The summed E-state index contributed by atoms with van der Waals surface area (Å²) in [5.41, 5.74) is 3.40. The molecular formula is C20H15ClF3N5O. The van der Waals surface area contributed by atoms with Gasteiger partial charge in [0.25, 0.3) is 0 Å². The Morgan fingerprint density at radius 2 is 1.70 bits per heavy atom. The number of anilines is 1. The van der Waals surface area contributed by atoms with Crippen molar-refractivity contribution in [3.8, 4) is 5.75 Å². The number of fused-ring (bicyclic) bond motifs is 1. The Bertz CT molecular complexity index is 1140. The van der Waals surface area contributed by atoms with Crippen molar-refractivity contribution in [1.82, 2.24) is 19.9 Å². The van der Waals surface area contributed by atoms with E-state index >= 15 is 0 Å². The van der Waals surface area contributed by atoms with Crippen LogP contribution < -0.4 is 10.1 Å². The molecule has 3 aromatic heterocycles. The molecule has 0 amide bonds. The largest absolute Gasteiger partial charge is 0.573 e. The third kappa shape index (κ3) is 5.18. The molecule has 0 aliphatic heterocycles. The number of pyridine rings is 1. The van der Waals surface area contributed by atoms with E-state index in [1.165, 1.54) is 12.1 Å². The van der Waals surface area contributed by atoms with E-state index in [0.29, 0.717) is 23.9 Å². The first kappa shape index (κ1) is 20.0. The lowest BCUT2D eigenvalue weighted by Gasteiger charge is -2.10. The molecular weight excluding hydrogens is 419 g/mol. The molecule has 0 unspecified atom stereocenters. The highest BCUT2D eigenvalue weighted by Gasteiger charge is 2.30. The Morgan fingerprint density at radius 1 is 0.967 bits per heavy atom. The van der Waals surface area contributed by atoms with Crippen LogP contribution in [-0.4, -0.2) is 26.3 Å². The van der Waals surface area contributed by atoms with Gasteiger partial charge in [0.2, 0.25) is 5.95 Å². The molecule has 0 saturated carbocycles. The smallest absolute Gasteiger partial charge is 0.406 e. The first-order chi connectivity index (χ1) is 14.3. The first-order valence-electron chi connectivity index (χ1n) is 8.87. The molecule has 0 aliphatic rings. The number of halogens is 4. The van der Waals surface area contributed by atoms with Crippen molar-refractivity contribution in [2.45, 2.75) is 19.3 Å². The second-order valence-electron chi connectivity index (χ2n) is 6.52. The van der Waals surface area contributed by atoms with Crippen LogP contribution in [0.5, 0.6) is 5.75 Å². The van der Waals surface area contributed by atoms with E-state index in [2.05, 4.69) is 30.0 Å². The molecule has 3 heterocycles. The molecule has 154 valence electrons. The Labute approximate surface area is 174 Å². The lowest BCUT2D eigenvalue weighted by atomic mass is 10.2. The molecule has 10 heteroatoms. The van der Waals surface area contributed by atoms with E-state index in [-0.39, 0.29) is 5.75 Å². The highest BCUT2D eigenvalue weighted by molar-refractivity contribution is 6.31. The lowest BCUT2D eigenvalue weighted by Crippen LogP contribution is -2.17. The summed E-state index contributed by atoms with van der Waals surface area (Å²) in [6, 6.07) is 9.42. The highest BCUT2D eigenvalue weighted by Crippen LogP contribution is 2.23. The van der Waals surface area contributed by atoms with Crippen LogP contribution in [0.15, 0.2) is 55.0 Å². The lowest BCUT2D eigenvalue weighted by molar-refractivity contribution is -0.274. The molecule has 0 atom stereocenters. The molecule has 0 aliphatic carbocycles. The maximum Gasteiger partial charge on any atom is 0.573 e. The van der Waals surface area contributed by atoms with E-state index in [0.717, 1.165) is 27.9 Å². The number of benzene rings is 1. The van der Waals surface area contributed by atoms with Crippen LogP contribution in [0.25, 0.3) is 11.0 Å². The number of hydrogen-bond donors (Lipinski definition) is 2. The van der Waals surface area contributed by atoms with Crippen molar-refractivity contribution in [2.24, 2.45) is 0 Å². The number of alkyl halides is 3.